The van der Waals surface area contributed by atoms with Gasteiger partial charge in [0, 0.05) is 30.4 Å². The van der Waals surface area contributed by atoms with E-state index in [9.17, 15) is 9.90 Å². The first-order valence-corrected chi connectivity index (χ1v) is 6.35. The number of carboxylic acid groups (broad SMARTS) is 1. The number of aromatic amines is 1. The van der Waals surface area contributed by atoms with E-state index in [1.54, 1.807) is 6.92 Å². The maximum absolute atomic E-state index is 11.7. The zero-order chi connectivity index (χ0) is 14.3. The van der Waals surface area contributed by atoms with Crippen molar-refractivity contribution in [1.29, 1.82) is 0 Å². The van der Waals surface area contributed by atoms with Crippen LogP contribution in [0.4, 0.5) is 0 Å². The number of nitrogens with zero attached hydrogens (tertiary/aromatic N) is 1. The molecule has 1 atom stereocenters. The summed E-state index contributed by atoms with van der Waals surface area (Å²) in [6.45, 7) is 1.80. The van der Waals surface area contributed by atoms with E-state index < -0.39 is 11.5 Å². The Labute approximate surface area is 113 Å². The highest BCUT2D eigenvalue weighted by Gasteiger charge is 2.46. The van der Waals surface area contributed by atoms with Gasteiger partial charge in [0.15, 0.2) is 5.54 Å². The molecule has 102 valence electrons. The van der Waals surface area contributed by atoms with E-state index in [0.29, 0.717) is 10.9 Å². The van der Waals surface area contributed by atoms with Gasteiger partial charge in [-0.1, -0.05) is 18.2 Å². The standard InChI is InChI=1S/C15H20N2O2/c1-15(14(18)19,17(2,3)4)9-11-10-16-13-8-6-5-7-12(11)13/h5-8,10,16H,9H2,1-4H3/p+1. The lowest BCUT2D eigenvalue weighted by molar-refractivity contribution is -0.911. The molecule has 2 aromatic rings. The van der Waals surface area contributed by atoms with E-state index in [0.717, 1.165) is 16.5 Å². The van der Waals surface area contributed by atoms with Gasteiger partial charge in [0.1, 0.15) is 0 Å². The van der Waals surface area contributed by atoms with E-state index in [1.165, 1.54) is 0 Å². The molecule has 0 saturated carbocycles. The SMILES string of the molecule is CC(Cc1c[nH]c2ccccc12)(C(=O)O)[N+](C)(C)C. The van der Waals surface area contributed by atoms with Gasteiger partial charge in [-0.25, -0.2) is 4.79 Å². The molecule has 0 spiro atoms. The number of carbonyl (C=O) groups is 1. The minimum absolute atomic E-state index is 0.377. The molecule has 0 aliphatic rings. The molecule has 0 amide bonds. The number of hydrogen-bond acceptors (Lipinski definition) is 1. The van der Waals surface area contributed by atoms with Gasteiger partial charge >= 0.3 is 5.97 Å². The molecule has 1 aromatic heterocycles. The summed E-state index contributed by atoms with van der Waals surface area (Å²) in [5.74, 6) is -0.773. The van der Waals surface area contributed by atoms with Gasteiger partial charge in [0.25, 0.3) is 0 Å². The lowest BCUT2D eigenvalue weighted by atomic mass is 9.89. The fraction of sp³-hybridized carbons (Fsp3) is 0.400. The molecule has 0 radical (unpaired) electrons. The van der Waals surface area contributed by atoms with Gasteiger partial charge in [0.2, 0.25) is 0 Å². The van der Waals surface area contributed by atoms with Crippen molar-refractivity contribution in [2.24, 2.45) is 0 Å². The summed E-state index contributed by atoms with van der Waals surface area (Å²) in [5, 5.41) is 10.7. The zero-order valence-electron chi connectivity index (χ0n) is 11.9. The van der Waals surface area contributed by atoms with Gasteiger partial charge in [-0.2, -0.15) is 0 Å². The summed E-state index contributed by atoms with van der Waals surface area (Å²) in [4.78, 5) is 14.9. The quantitative estimate of drug-likeness (QED) is 0.829. The highest BCUT2D eigenvalue weighted by atomic mass is 16.4. The maximum atomic E-state index is 11.7. The molecule has 0 fully saturated rings. The van der Waals surface area contributed by atoms with Crippen molar-refractivity contribution in [3.63, 3.8) is 0 Å². The van der Waals surface area contributed by atoms with Crippen LogP contribution in [0.3, 0.4) is 0 Å². The second-order valence-electron chi connectivity index (χ2n) is 6.13. The van der Waals surface area contributed by atoms with Crippen LogP contribution in [-0.4, -0.2) is 47.2 Å². The van der Waals surface area contributed by atoms with Crippen molar-refractivity contribution in [2.45, 2.75) is 18.9 Å². The first-order chi connectivity index (χ1) is 8.75. The summed E-state index contributed by atoms with van der Waals surface area (Å²) in [5.41, 5.74) is 1.24. The molecule has 19 heavy (non-hydrogen) atoms. The number of hydrogen-bond donors (Lipinski definition) is 2. The van der Waals surface area contributed by atoms with Crippen LogP contribution < -0.4 is 0 Å². The van der Waals surface area contributed by atoms with E-state index >= 15 is 0 Å². The Kier molecular flexibility index (Phi) is 3.14. The second kappa shape index (κ2) is 4.38. The molecule has 2 rings (SSSR count). The molecular formula is C15H21N2O2+. The van der Waals surface area contributed by atoms with Gasteiger partial charge in [-0.05, 0) is 11.6 Å². The molecule has 1 heterocycles. The molecule has 0 aliphatic heterocycles. The number of quaternary nitrogens is 1. The minimum Gasteiger partial charge on any atom is -0.477 e. The number of nitrogens with one attached hydrogen (secondary N) is 1. The Balaban J connectivity index is 2.46. The Morgan fingerprint density at radius 1 is 1.32 bits per heavy atom. The molecule has 2 N–H and O–H groups in total. The molecule has 0 aliphatic carbocycles. The van der Waals surface area contributed by atoms with Crippen LogP contribution in [0.5, 0.6) is 0 Å². The second-order valence-corrected chi connectivity index (χ2v) is 6.13. The van der Waals surface area contributed by atoms with E-state index in [4.69, 9.17) is 0 Å². The number of rotatable bonds is 4. The molecule has 1 aromatic carbocycles. The third-order valence-corrected chi connectivity index (χ3v) is 4.15. The first kappa shape index (κ1) is 13.6. The normalized spacial score (nSPS) is 15.4. The Morgan fingerprint density at radius 3 is 2.53 bits per heavy atom. The van der Waals surface area contributed by atoms with Crippen molar-refractivity contribution in [2.75, 3.05) is 21.1 Å². The largest absolute Gasteiger partial charge is 0.477 e. The van der Waals surface area contributed by atoms with Crippen LogP contribution in [0.25, 0.3) is 10.9 Å². The van der Waals surface area contributed by atoms with E-state index in [-0.39, 0.29) is 0 Å². The summed E-state index contributed by atoms with van der Waals surface area (Å²) >= 11 is 0. The van der Waals surface area contributed by atoms with Crippen LogP contribution in [0, 0.1) is 0 Å². The summed E-state index contributed by atoms with van der Waals surface area (Å²) in [6.07, 6.45) is 2.41. The van der Waals surface area contributed by atoms with Crippen LogP contribution in [-0.2, 0) is 11.2 Å². The number of likely N-dealkylation sites (N-methyl/N-ethyl adjacent to an activating group) is 1. The number of para-hydroxylation sites is 1. The Hall–Kier alpha value is -1.81. The van der Waals surface area contributed by atoms with Crippen LogP contribution >= 0.6 is 0 Å². The molecule has 4 nitrogen and oxygen atoms in total. The third kappa shape index (κ3) is 2.24. The van der Waals surface area contributed by atoms with Crippen molar-refractivity contribution in [1.82, 2.24) is 4.98 Å². The van der Waals surface area contributed by atoms with Crippen molar-refractivity contribution in [3.05, 3.63) is 36.0 Å². The number of fused-ring (bicyclic) bond motifs is 1. The molecule has 4 heteroatoms. The van der Waals surface area contributed by atoms with E-state index in [2.05, 4.69) is 4.98 Å². The number of carboxylic acids is 1. The third-order valence-electron chi connectivity index (χ3n) is 4.15. The zero-order valence-corrected chi connectivity index (χ0v) is 11.9. The minimum atomic E-state index is -0.856. The van der Waals surface area contributed by atoms with Gasteiger partial charge in [0.05, 0.1) is 21.1 Å². The average molecular weight is 261 g/mol. The highest BCUT2D eigenvalue weighted by molar-refractivity contribution is 5.85. The maximum Gasteiger partial charge on any atom is 0.365 e. The van der Waals surface area contributed by atoms with Crippen LogP contribution in [0.1, 0.15) is 12.5 Å². The van der Waals surface area contributed by atoms with Crippen molar-refractivity contribution in [3.8, 4) is 0 Å². The molecule has 0 bridgehead atoms. The lowest BCUT2D eigenvalue weighted by Gasteiger charge is -2.40. The number of H-pyrrole nitrogens is 1. The molecule has 0 saturated heterocycles. The van der Waals surface area contributed by atoms with Crippen molar-refractivity contribution >= 4 is 16.9 Å². The predicted octanol–water partition coefficient (Wildman–Crippen LogP) is 2.26. The fourth-order valence-electron chi connectivity index (χ4n) is 2.25. The Bertz CT molecular complexity index is 610. The van der Waals surface area contributed by atoms with Crippen molar-refractivity contribution < 1.29 is 14.4 Å². The summed E-state index contributed by atoms with van der Waals surface area (Å²) in [7, 11) is 5.76. The van der Waals surface area contributed by atoms with E-state index in [1.807, 2.05) is 51.6 Å². The summed E-state index contributed by atoms with van der Waals surface area (Å²) < 4.78 is 0.377. The van der Waals surface area contributed by atoms with Gasteiger partial charge in [-0.15, -0.1) is 0 Å². The monoisotopic (exact) mass is 261 g/mol. The lowest BCUT2D eigenvalue weighted by Crippen LogP contribution is -2.61. The smallest absolute Gasteiger partial charge is 0.365 e. The van der Waals surface area contributed by atoms with Crippen LogP contribution in [0.15, 0.2) is 30.5 Å². The number of aromatic nitrogens is 1. The Morgan fingerprint density at radius 2 is 1.95 bits per heavy atom. The average Bonchev–Trinajstić information content (AvgIpc) is 2.71. The topological polar surface area (TPSA) is 53.1 Å². The molecule has 1 unspecified atom stereocenters. The predicted molar refractivity (Wildman–Crippen MR) is 76.1 cm³/mol. The first-order valence-electron chi connectivity index (χ1n) is 6.35. The summed E-state index contributed by atoms with van der Waals surface area (Å²) in [6, 6.07) is 7.98. The number of aliphatic carboxylic acids is 1. The van der Waals surface area contributed by atoms with Gasteiger partial charge < -0.3 is 14.6 Å². The fourth-order valence-corrected chi connectivity index (χ4v) is 2.25. The number of benzene rings is 1. The highest BCUT2D eigenvalue weighted by Crippen LogP contribution is 2.28. The van der Waals surface area contributed by atoms with Gasteiger partial charge in [-0.3, -0.25) is 0 Å². The van der Waals surface area contributed by atoms with Crippen LogP contribution in [0.2, 0.25) is 0 Å². The molecular weight excluding hydrogens is 240 g/mol.